The van der Waals surface area contributed by atoms with E-state index in [9.17, 15) is 4.79 Å². The topological polar surface area (TPSA) is 82.2 Å². The second-order valence-electron chi connectivity index (χ2n) is 4.48. The fourth-order valence-corrected chi connectivity index (χ4v) is 2.68. The molecule has 3 rings (SSSR count). The number of esters is 1. The van der Waals surface area contributed by atoms with Crippen LogP contribution in [0.25, 0.3) is 0 Å². The Kier molecular flexibility index (Phi) is 3.46. The van der Waals surface area contributed by atoms with Gasteiger partial charge >= 0.3 is 5.97 Å². The van der Waals surface area contributed by atoms with Crippen molar-refractivity contribution in [1.29, 1.82) is 0 Å². The third-order valence-electron chi connectivity index (χ3n) is 3.28. The molecular formula is C13H14N4O3S. The molecule has 3 heterocycles. The molecule has 8 heteroatoms. The Morgan fingerprint density at radius 3 is 3.00 bits per heavy atom. The van der Waals surface area contributed by atoms with E-state index in [1.54, 1.807) is 23.3 Å². The number of thioether (sulfide) groups is 1. The normalized spacial score (nSPS) is 17.4. The summed E-state index contributed by atoms with van der Waals surface area (Å²) in [5.41, 5.74) is 2.00. The van der Waals surface area contributed by atoms with Gasteiger partial charge in [-0.05, 0) is 19.2 Å². The molecule has 0 bridgehead atoms. The minimum Gasteiger partial charge on any atom is -0.472 e. The van der Waals surface area contributed by atoms with Crippen LogP contribution in [0.4, 0.5) is 5.95 Å². The number of furan rings is 1. The Labute approximate surface area is 125 Å². The molecule has 0 aromatic carbocycles. The van der Waals surface area contributed by atoms with Gasteiger partial charge in [0.25, 0.3) is 0 Å². The zero-order valence-electron chi connectivity index (χ0n) is 11.8. The SMILES string of the molecule is COC(=O)C1=C(C)Nc2nc(SC)nn2C1c1ccoc1. The molecule has 0 radical (unpaired) electrons. The smallest absolute Gasteiger partial charge is 0.338 e. The molecule has 0 fully saturated rings. The summed E-state index contributed by atoms with van der Waals surface area (Å²) in [4.78, 5) is 16.5. The van der Waals surface area contributed by atoms with E-state index in [4.69, 9.17) is 9.15 Å². The predicted octanol–water partition coefficient (Wildman–Crippen LogP) is 2.05. The van der Waals surface area contributed by atoms with Crippen LogP contribution in [0.2, 0.25) is 0 Å². The quantitative estimate of drug-likeness (QED) is 0.686. The molecular weight excluding hydrogens is 292 g/mol. The molecule has 1 atom stereocenters. The number of hydrogen-bond acceptors (Lipinski definition) is 7. The van der Waals surface area contributed by atoms with Crippen LogP contribution in [-0.2, 0) is 9.53 Å². The Hall–Kier alpha value is -2.22. The highest BCUT2D eigenvalue weighted by Crippen LogP contribution is 2.36. The number of anilines is 1. The molecule has 0 amide bonds. The van der Waals surface area contributed by atoms with Crippen LogP contribution in [0, 0.1) is 0 Å². The van der Waals surface area contributed by atoms with E-state index in [1.807, 2.05) is 13.2 Å². The number of ether oxygens (including phenoxy) is 1. The molecule has 1 unspecified atom stereocenters. The van der Waals surface area contributed by atoms with Gasteiger partial charge in [-0.2, -0.15) is 4.98 Å². The maximum atomic E-state index is 12.2. The number of nitrogens with one attached hydrogen (secondary N) is 1. The van der Waals surface area contributed by atoms with Crippen molar-refractivity contribution < 1.29 is 13.9 Å². The first-order valence-corrected chi connectivity index (χ1v) is 7.47. The highest BCUT2D eigenvalue weighted by atomic mass is 32.2. The van der Waals surface area contributed by atoms with Gasteiger partial charge in [-0.1, -0.05) is 11.8 Å². The standard InChI is InChI=1S/C13H14N4O3S/c1-7-9(11(18)19-2)10(8-4-5-20-6-8)17-12(14-7)15-13(16-17)21-3/h4-6,10H,1-3H3,(H,14,15,16). The van der Waals surface area contributed by atoms with Crippen molar-refractivity contribution in [2.24, 2.45) is 0 Å². The van der Waals surface area contributed by atoms with Crippen molar-refractivity contribution in [3.63, 3.8) is 0 Å². The van der Waals surface area contributed by atoms with Crippen molar-refractivity contribution in [3.8, 4) is 0 Å². The van der Waals surface area contributed by atoms with Crippen LogP contribution >= 0.6 is 11.8 Å². The van der Waals surface area contributed by atoms with Gasteiger partial charge in [0.2, 0.25) is 11.1 Å². The van der Waals surface area contributed by atoms with Gasteiger partial charge in [-0.15, -0.1) is 5.10 Å². The van der Waals surface area contributed by atoms with E-state index in [0.29, 0.717) is 22.4 Å². The highest BCUT2D eigenvalue weighted by molar-refractivity contribution is 7.98. The number of nitrogens with zero attached hydrogens (tertiary/aromatic N) is 3. The highest BCUT2D eigenvalue weighted by Gasteiger charge is 2.35. The predicted molar refractivity (Wildman–Crippen MR) is 77.0 cm³/mol. The van der Waals surface area contributed by atoms with E-state index in [1.165, 1.54) is 18.9 Å². The van der Waals surface area contributed by atoms with Crippen LogP contribution < -0.4 is 5.32 Å². The number of fused-ring (bicyclic) bond motifs is 1. The molecule has 0 saturated carbocycles. The summed E-state index contributed by atoms with van der Waals surface area (Å²) in [7, 11) is 1.36. The van der Waals surface area contributed by atoms with Crippen molar-refractivity contribution in [2.45, 2.75) is 18.1 Å². The number of aromatic nitrogens is 3. The van der Waals surface area contributed by atoms with Crippen molar-refractivity contribution in [1.82, 2.24) is 14.8 Å². The van der Waals surface area contributed by atoms with Gasteiger partial charge in [-0.3, -0.25) is 0 Å². The largest absolute Gasteiger partial charge is 0.472 e. The number of rotatable bonds is 3. The van der Waals surface area contributed by atoms with Crippen LogP contribution in [0.1, 0.15) is 18.5 Å². The van der Waals surface area contributed by atoms with Crippen molar-refractivity contribution in [3.05, 3.63) is 35.4 Å². The number of carbonyl (C=O) groups excluding carboxylic acids is 1. The van der Waals surface area contributed by atoms with E-state index in [-0.39, 0.29) is 0 Å². The number of carbonyl (C=O) groups is 1. The van der Waals surface area contributed by atoms with E-state index in [2.05, 4.69) is 15.4 Å². The lowest BCUT2D eigenvalue weighted by molar-refractivity contribution is -0.136. The summed E-state index contributed by atoms with van der Waals surface area (Å²) >= 11 is 1.44. The lowest BCUT2D eigenvalue weighted by Crippen LogP contribution is -2.29. The molecule has 0 spiro atoms. The molecule has 1 aliphatic heterocycles. The maximum Gasteiger partial charge on any atom is 0.338 e. The summed E-state index contributed by atoms with van der Waals surface area (Å²) < 4.78 is 11.7. The molecule has 0 saturated heterocycles. The second kappa shape index (κ2) is 5.28. The second-order valence-corrected chi connectivity index (χ2v) is 5.25. The van der Waals surface area contributed by atoms with Crippen LogP contribution in [0.3, 0.4) is 0 Å². The fraction of sp³-hybridized carbons (Fsp3) is 0.308. The summed E-state index contributed by atoms with van der Waals surface area (Å²) in [5, 5.41) is 8.16. The average Bonchev–Trinajstić information content (AvgIpc) is 3.13. The summed E-state index contributed by atoms with van der Waals surface area (Å²) in [6.07, 6.45) is 5.06. The van der Waals surface area contributed by atoms with Gasteiger partial charge in [0.1, 0.15) is 6.04 Å². The minimum absolute atomic E-state index is 0.405. The Morgan fingerprint density at radius 1 is 1.57 bits per heavy atom. The average molecular weight is 306 g/mol. The van der Waals surface area contributed by atoms with E-state index >= 15 is 0 Å². The molecule has 2 aromatic heterocycles. The molecule has 2 aromatic rings. The lowest BCUT2D eigenvalue weighted by Gasteiger charge is -2.26. The number of methoxy groups -OCH3 is 1. The summed E-state index contributed by atoms with van der Waals surface area (Å²) in [5.74, 6) is 0.189. The first-order chi connectivity index (χ1) is 10.2. The third kappa shape index (κ3) is 2.21. The molecule has 1 N–H and O–H groups in total. The lowest BCUT2D eigenvalue weighted by atomic mass is 9.98. The van der Waals surface area contributed by atoms with Crippen LogP contribution in [0.15, 0.2) is 39.4 Å². The molecule has 110 valence electrons. The number of hydrogen-bond donors (Lipinski definition) is 1. The summed E-state index contributed by atoms with van der Waals surface area (Å²) in [6, 6.07) is 1.39. The monoisotopic (exact) mass is 306 g/mol. The van der Waals surface area contributed by atoms with E-state index < -0.39 is 12.0 Å². The zero-order valence-corrected chi connectivity index (χ0v) is 12.6. The fourth-order valence-electron chi connectivity index (χ4n) is 2.33. The summed E-state index contributed by atoms with van der Waals surface area (Å²) in [6.45, 7) is 1.82. The molecule has 0 aliphatic carbocycles. The maximum absolute atomic E-state index is 12.2. The van der Waals surface area contributed by atoms with Crippen LogP contribution in [0.5, 0.6) is 0 Å². The van der Waals surface area contributed by atoms with Gasteiger partial charge in [0.15, 0.2) is 0 Å². The zero-order chi connectivity index (χ0) is 15.0. The van der Waals surface area contributed by atoms with Gasteiger partial charge in [-0.25, -0.2) is 9.48 Å². The first-order valence-electron chi connectivity index (χ1n) is 6.24. The third-order valence-corrected chi connectivity index (χ3v) is 3.82. The van der Waals surface area contributed by atoms with Gasteiger partial charge in [0.05, 0.1) is 25.2 Å². The molecule has 21 heavy (non-hydrogen) atoms. The van der Waals surface area contributed by atoms with Crippen molar-refractivity contribution in [2.75, 3.05) is 18.7 Å². The Balaban J connectivity index is 2.17. The van der Waals surface area contributed by atoms with Gasteiger partial charge in [0, 0.05) is 11.3 Å². The minimum atomic E-state index is -0.416. The molecule has 7 nitrogen and oxygen atoms in total. The van der Waals surface area contributed by atoms with E-state index in [0.717, 1.165) is 5.56 Å². The van der Waals surface area contributed by atoms with Crippen molar-refractivity contribution >= 4 is 23.7 Å². The molecule has 1 aliphatic rings. The van der Waals surface area contributed by atoms with Gasteiger partial charge < -0.3 is 14.5 Å². The van der Waals surface area contributed by atoms with Crippen LogP contribution in [-0.4, -0.2) is 34.1 Å². The first kappa shape index (κ1) is 13.7. The number of allylic oxidation sites excluding steroid dienone is 1. The Morgan fingerprint density at radius 2 is 2.38 bits per heavy atom. The Bertz CT molecular complexity index is 705.